The van der Waals surface area contributed by atoms with Crippen LogP contribution >= 0.6 is 0 Å². The van der Waals surface area contributed by atoms with Gasteiger partial charge in [-0.25, -0.2) is 4.98 Å². The van der Waals surface area contributed by atoms with E-state index in [0.717, 1.165) is 11.1 Å². The van der Waals surface area contributed by atoms with Gasteiger partial charge >= 0.3 is 0 Å². The normalized spacial score (nSPS) is 10.6. The van der Waals surface area contributed by atoms with Crippen LogP contribution in [0.4, 0.5) is 0 Å². The van der Waals surface area contributed by atoms with Gasteiger partial charge in [0, 0.05) is 18.7 Å². The third kappa shape index (κ3) is 4.25. The summed E-state index contributed by atoms with van der Waals surface area (Å²) in [6, 6.07) is 12.4. The average Bonchev–Trinajstić information content (AvgIpc) is 2.69. The monoisotopic (exact) mass is 378 g/mol. The number of hydrogen-bond donors (Lipinski definition) is 2. The maximum absolute atomic E-state index is 12.6. The molecule has 2 amide bonds. The van der Waals surface area contributed by atoms with E-state index in [1.807, 2.05) is 26.0 Å². The summed E-state index contributed by atoms with van der Waals surface area (Å²) < 4.78 is 1.29. The van der Waals surface area contributed by atoms with E-state index < -0.39 is 0 Å². The zero-order valence-electron chi connectivity index (χ0n) is 15.9. The second-order valence-corrected chi connectivity index (χ2v) is 6.49. The van der Waals surface area contributed by atoms with Crippen molar-refractivity contribution in [2.24, 2.45) is 0 Å². The van der Waals surface area contributed by atoms with Gasteiger partial charge in [-0.15, -0.1) is 0 Å². The number of benzene rings is 2. The molecule has 3 aromatic rings. The van der Waals surface area contributed by atoms with Crippen LogP contribution in [0, 0.1) is 6.92 Å². The molecule has 0 saturated heterocycles. The molecule has 0 bridgehead atoms. The fraction of sp³-hybridized carbons (Fsp3) is 0.238. The number of para-hydroxylation sites is 1. The Morgan fingerprint density at radius 3 is 2.68 bits per heavy atom. The molecule has 0 atom stereocenters. The molecule has 1 heterocycles. The summed E-state index contributed by atoms with van der Waals surface area (Å²) in [5.41, 5.74) is 2.65. The Hall–Kier alpha value is -3.48. The Morgan fingerprint density at radius 2 is 1.89 bits per heavy atom. The molecule has 144 valence electrons. The third-order valence-corrected chi connectivity index (χ3v) is 4.39. The van der Waals surface area contributed by atoms with Crippen molar-refractivity contribution >= 4 is 22.7 Å². The van der Waals surface area contributed by atoms with Gasteiger partial charge in [-0.05, 0) is 43.2 Å². The first-order valence-corrected chi connectivity index (χ1v) is 9.08. The van der Waals surface area contributed by atoms with E-state index in [0.29, 0.717) is 23.0 Å². The second kappa shape index (κ2) is 8.47. The Morgan fingerprint density at radius 1 is 1.11 bits per heavy atom. The quantitative estimate of drug-likeness (QED) is 0.684. The minimum Gasteiger partial charge on any atom is -0.352 e. The van der Waals surface area contributed by atoms with Crippen molar-refractivity contribution in [3.8, 4) is 0 Å². The van der Waals surface area contributed by atoms with Crippen molar-refractivity contribution in [1.82, 2.24) is 20.2 Å². The van der Waals surface area contributed by atoms with Gasteiger partial charge in [0.15, 0.2) is 0 Å². The SMILES string of the molecule is CCNC(=O)c1cccc(CNC(=O)Cn2cnc3c(C)cccc3c2=O)c1. The van der Waals surface area contributed by atoms with Crippen molar-refractivity contribution < 1.29 is 9.59 Å². The number of rotatable bonds is 6. The summed E-state index contributed by atoms with van der Waals surface area (Å²) in [6.45, 7) is 4.44. The van der Waals surface area contributed by atoms with Gasteiger partial charge in [-0.2, -0.15) is 0 Å². The van der Waals surface area contributed by atoms with Crippen LogP contribution in [-0.2, 0) is 17.9 Å². The largest absolute Gasteiger partial charge is 0.352 e. The van der Waals surface area contributed by atoms with E-state index in [2.05, 4.69) is 15.6 Å². The maximum atomic E-state index is 12.6. The number of aromatic nitrogens is 2. The zero-order valence-corrected chi connectivity index (χ0v) is 15.9. The number of carbonyl (C=O) groups is 2. The summed E-state index contributed by atoms with van der Waals surface area (Å²) in [5, 5.41) is 6.00. The number of fused-ring (bicyclic) bond motifs is 1. The van der Waals surface area contributed by atoms with Gasteiger partial charge < -0.3 is 10.6 Å². The van der Waals surface area contributed by atoms with Crippen molar-refractivity contribution in [2.75, 3.05) is 6.54 Å². The van der Waals surface area contributed by atoms with Crippen LogP contribution in [0.2, 0.25) is 0 Å². The molecule has 2 N–H and O–H groups in total. The number of hydrogen-bond acceptors (Lipinski definition) is 4. The van der Waals surface area contributed by atoms with E-state index in [1.54, 1.807) is 30.3 Å². The number of nitrogens with one attached hydrogen (secondary N) is 2. The highest BCUT2D eigenvalue weighted by atomic mass is 16.2. The summed E-state index contributed by atoms with van der Waals surface area (Å²) in [6.07, 6.45) is 1.40. The lowest BCUT2D eigenvalue weighted by Gasteiger charge is -2.10. The molecule has 0 aliphatic carbocycles. The van der Waals surface area contributed by atoms with Crippen LogP contribution in [0.1, 0.15) is 28.4 Å². The molecule has 1 aromatic heterocycles. The molecule has 0 radical (unpaired) electrons. The fourth-order valence-electron chi connectivity index (χ4n) is 2.95. The van der Waals surface area contributed by atoms with Crippen molar-refractivity contribution in [3.05, 3.63) is 75.8 Å². The van der Waals surface area contributed by atoms with Crippen LogP contribution < -0.4 is 16.2 Å². The summed E-state index contributed by atoms with van der Waals surface area (Å²) >= 11 is 0. The highest BCUT2D eigenvalue weighted by Gasteiger charge is 2.10. The molecule has 7 heteroatoms. The first-order valence-electron chi connectivity index (χ1n) is 9.08. The Bertz CT molecular complexity index is 1090. The molecule has 0 saturated carbocycles. The lowest BCUT2D eigenvalue weighted by Crippen LogP contribution is -2.32. The topological polar surface area (TPSA) is 93.1 Å². The van der Waals surface area contributed by atoms with Gasteiger partial charge in [0.25, 0.3) is 11.5 Å². The van der Waals surface area contributed by atoms with Crippen LogP contribution in [-0.4, -0.2) is 27.9 Å². The van der Waals surface area contributed by atoms with Crippen LogP contribution in [0.15, 0.2) is 53.6 Å². The van der Waals surface area contributed by atoms with Crippen LogP contribution in [0.3, 0.4) is 0 Å². The summed E-state index contributed by atoms with van der Waals surface area (Å²) in [7, 11) is 0. The van der Waals surface area contributed by atoms with E-state index in [9.17, 15) is 14.4 Å². The van der Waals surface area contributed by atoms with Crippen LogP contribution in [0.25, 0.3) is 10.9 Å². The Labute approximate surface area is 162 Å². The minimum atomic E-state index is -0.306. The third-order valence-electron chi connectivity index (χ3n) is 4.39. The molecular formula is C21H22N4O3. The first-order chi connectivity index (χ1) is 13.5. The van der Waals surface area contributed by atoms with Gasteiger partial charge in [-0.3, -0.25) is 19.0 Å². The summed E-state index contributed by atoms with van der Waals surface area (Å²) in [5.74, 6) is -0.459. The van der Waals surface area contributed by atoms with E-state index in [1.165, 1.54) is 10.9 Å². The van der Waals surface area contributed by atoms with Crippen molar-refractivity contribution in [2.45, 2.75) is 26.9 Å². The lowest BCUT2D eigenvalue weighted by molar-refractivity contribution is -0.121. The molecule has 2 aromatic carbocycles. The summed E-state index contributed by atoms with van der Waals surface area (Å²) in [4.78, 5) is 41.1. The fourth-order valence-corrected chi connectivity index (χ4v) is 2.95. The smallest absolute Gasteiger partial charge is 0.261 e. The number of amides is 2. The highest BCUT2D eigenvalue weighted by molar-refractivity contribution is 5.94. The van der Waals surface area contributed by atoms with E-state index in [4.69, 9.17) is 0 Å². The zero-order chi connectivity index (χ0) is 20.1. The standard InChI is InChI=1S/C21H22N4O3/c1-3-22-20(27)16-8-5-7-15(10-16)11-23-18(26)12-25-13-24-19-14(2)6-4-9-17(19)21(25)28/h4-10,13H,3,11-12H2,1-2H3,(H,22,27)(H,23,26). The molecule has 0 spiro atoms. The van der Waals surface area contributed by atoms with Gasteiger partial charge in [0.2, 0.25) is 5.91 Å². The van der Waals surface area contributed by atoms with Crippen molar-refractivity contribution in [1.29, 1.82) is 0 Å². The first kappa shape index (κ1) is 19.3. The van der Waals surface area contributed by atoms with Gasteiger partial charge in [0.05, 0.1) is 17.2 Å². The van der Waals surface area contributed by atoms with Crippen LogP contribution in [0.5, 0.6) is 0 Å². The molecule has 0 aliphatic heterocycles. The number of carbonyl (C=O) groups excluding carboxylic acids is 2. The maximum Gasteiger partial charge on any atom is 0.261 e. The second-order valence-electron chi connectivity index (χ2n) is 6.49. The predicted molar refractivity (Wildman–Crippen MR) is 107 cm³/mol. The lowest BCUT2D eigenvalue weighted by atomic mass is 10.1. The molecular weight excluding hydrogens is 356 g/mol. The minimum absolute atomic E-state index is 0.119. The number of aryl methyl sites for hydroxylation is 1. The molecule has 3 rings (SSSR count). The Balaban J connectivity index is 1.68. The molecule has 0 aliphatic rings. The molecule has 7 nitrogen and oxygen atoms in total. The van der Waals surface area contributed by atoms with Crippen molar-refractivity contribution in [3.63, 3.8) is 0 Å². The predicted octanol–water partition coefficient (Wildman–Crippen LogP) is 1.77. The van der Waals surface area contributed by atoms with E-state index in [-0.39, 0.29) is 30.5 Å². The van der Waals surface area contributed by atoms with Gasteiger partial charge in [-0.1, -0.05) is 24.3 Å². The van der Waals surface area contributed by atoms with E-state index >= 15 is 0 Å². The molecule has 28 heavy (non-hydrogen) atoms. The molecule has 0 fully saturated rings. The molecule has 0 unspecified atom stereocenters. The Kier molecular flexibility index (Phi) is 5.84. The highest BCUT2D eigenvalue weighted by Crippen LogP contribution is 2.11. The van der Waals surface area contributed by atoms with Gasteiger partial charge in [0.1, 0.15) is 6.54 Å². The average molecular weight is 378 g/mol. The number of nitrogens with zero attached hydrogens (tertiary/aromatic N) is 2.